The molecule has 9 heteroatoms. The molecule has 378 valence electrons. The van der Waals surface area contributed by atoms with E-state index in [9.17, 15) is 19.0 Å². The Balaban J connectivity index is 3.83. The Morgan fingerprint density at radius 2 is 0.750 bits per heavy atom. The molecular formula is C55H105O8P. The molecule has 1 N–H and O–H groups in total. The molecule has 0 aliphatic carbocycles. The van der Waals surface area contributed by atoms with E-state index in [1.165, 1.54) is 212 Å². The van der Waals surface area contributed by atoms with Crippen LogP contribution in [0.1, 0.15) is 290 Å². The van der Waals surface area contributed by atoms with Crippen LogP contribution >= 0.6 is 7.82 Å². The minimum Gasteiger partial charge on any atom is -0.462 e. The van der Waals surface area contributed by atoms with E-state index in [2.05, 4.69) is 42.7 Å². The first-order valence-corrected chi connectivity index (χ1v) is 29.0. The van der Waals surface area contributed by atoms with Gasteiger partial charge in [0.25, 0.3) is 0 Å². The van der Waals surface area contributed by atoms with Crippen LogP contribution in [-0.4, -0.2) is 43.3 Å². The van der Waals surface area contributed by atoms with Gasteiger partial charge in [0.1, 0.15) is 6.61 Å². The summed E-state index contributed by atoms with van der Waals surface area (Å²) < 4.78 is 32.2. The summed E-state index contributed by atoms with van der Waals surface area (Å²) in [5, 5.41) is 0. The molecule has 0 aliphatic rings. The van der Waals surface area contributed by atoms with Crippen molar-refractivity contribution in [3.8, 4) is 0 Å². The van der Waals surface area contributed by atoms with E-state index in [1.807, 2.05) is 0 Å². The van der Waals surface area contributed by atoms with Crippen LogP contribution in [0.2, 0.25) is 0 Å². The quantitative estimate of drug-likeness (QED) is 0.0278. The van der Waals surface area contributed by atoms with Gasteiger partial charge in [-0.2, -0.15) is 0 Å². The molecule has 0 saturated heterocycles. The van der Waals surface area contributed by atoms with Gasteiger partial charge in [0.2, 0.25) is 0 Å². The molecule has 8 nitrogen and oxygen atoms in total. The third kappa shape index (κ3) is 50.0. The van der Waals surface area contributed by atoms with Crippen LogP contribution in [0.15, 0.2) is 24.3 Å². The van der Waals surface area contributed by atoms with Gasteiger partial charge in [-0.25, -0.2) is 4.57 Å². The van der Waals surface area contributed by atoms with Crippen molar-refractivity contribution >= 4 is 19.8 Å². The Bertz CT molecular complexity index is 1090. The Morgan fingerprint density at radius 3 is 1.09 bits per heavy atom. The second-order valence-electron chi connectivity index (χ2n) is 18.7. The van der Waals surface area contributed by atoms with Crippen molar-refractivity contribution < 1.29 is 37.6 Å². The number of unbranched alkanes of at least 4 members (excludes halogenated alkanes) is 37. The van der Waals surface area contributed by atoms with E-state index >= 15 is 0 Å². The van der Waals surface area contributed by atoms with Crippen LogP contribution in [-0.2, 0) is 32.7 Å². The molecule has 0 bridgehead atoms. The highest BCUT2D eigenvalue weighted by molar-refractivity contribution is 7.47. The molecule has 0 fully saturated rings. The lowest BCUT2D eigenvalue weighted by molar-refractivity contribution is -0.161. The average Bonchev–Trinajstić information content (AvgIpc) is 3.29. The molecular weight excluding hydrogens is 820 g/mol. The van der Waals surface area contributed by atoms with Crippen molar-refractivity contribution in [3.63, 3.8) is 0 Å². The van der Waals surface area contributed by atoms with E-state index in [4.69, 9.17) is 14.0 Å². The number of esters is 2. The van der Waals surface area contributed by atoms with E-state index in [0.717, 1.165) is 52.1 Å². The van der Waals surface area contributed by atoms with Crippen molar-refractivity contribution in [2.45, 2.75) is 296 Å². The first-order valence-electron chi connectivity index (χ1n) is 27.5. The maximum Gasteiger partial charge on any atom is 0.472 e. The molecule has 0 amide bonds. The highest BCUT2D eigenvalue weighted by Crippen LogP contribution is 2.42. The van der Waals surface area contributed by atoms with E-state index in [1.54, 1.807) is 0 Å². The van der Waals surface area contributed by atoms with Gasteiger partial charge in [0, 0.05) is 20.0 Å². The number of phosphoric acid groups is 1. The van der Waals surface area contributed by atoms with Gasteiger partial charge in [0.05, 0.1) is 6.61 Å². The summed E-state index contributed by atoms with van der Waals surface area (Å²) >= 11 is 0. The van der Waals surface area contributed by atoms with E-state index < -0.39 is 26.5 Å². The zero-order valence-corrected chi connectivity index (χ0v) is 43.4. The fourth-order valence-electron chi connectivity index (χ4n) is 8.22. The van der Waals surface area contributed by atoms with Crippen LogP contribution < -0.4 is 0 Å². The predicted molar refractivity (Wildman–Crippen MR) is 272 cm³/mol. The van der Waals surface area contributed by atoms with Crippen LogP contribution in [0.3, 0.4) is 0 Å². The molecule has 0 rings (SSSR count). The zero-order valence-electron chi connectivity index (χ0n) is 42.5. The molecule has 2 atom stereocenters. The maximum absolute atomic E-state index is 12.6. The van der Waals surface area contributed by atoms with E-state index in [0.29, 0.717) is 12.8 Å². The van der Waals surface area contributed by atoms with Gasteiger partial charge in [0.15, 0.2) is 6.10 Å². The van der Waals surface area contributed by atoms with Gasteiger partial charge >= 0.3 is 19.8 Å². The maximum atomic E-state index is 12.6. The number of carbonyl (C=O) groups is 2. The first-order chi connectivity index (χ1) is 31.3. The number of allylic oxidation sites excluding steroid dienone is 4. The highest BCUT2D eigenvalue weighted by Gasteiger charge is 2.24. The summed E-state index contributed by atoms with van der Waals surface area (Å²) in [7, 11) is -3.20. The second-order valence-corrected chi connectivity index (χ2v) is 20.3. The highest BCUT2D eigenvalue weighted by atomic mass is 31.2. The number of phosphoric ester groups is 1. The summed E-state index contributed by atoms with van der Waals surface area (Å²) in [6, 6.07) is 0. The number of rotatable bonds is 52. The molecule has 0 aliphatic heterocycles. The summed E-state index contributed by atoms with van der Waals surface area (Å²) in [5.74, 6) is -0.791. The van der Waals surface area contributed by atoms with Gasteiger partial charge in [-0.15, -0.1) is 0 Å². The summed E-state index contributed by atoms with van der Waals surface area (Å²) in [6.07, 6.45) is 61.1. The normalized spacial score (nSPS) is 13.2. The van der Waals surface area contributed by atoms with Crippen LogP contribution in [0.4, 0.5) is 0 Å². The van der Waals surface area contributed by atoms with Gasteiger partial charge in [-0.05, 0) is 44.9 Å². The molecule has 0 radical (unpaired) electrons. The SMILES string of the molecule is CCCCCCC/C=C\C/C=C\CCCCCCCCCCCC(=O)OC(COC(=O)CCCCCCCCCCCCCCCCCCCCCCCCCC)COP(=O)(O)OC. The number of hydrogen-bond acceptors (Lipinski definition) is 7. The molecule has 2 unspecified atom stereocenters. The molecule has 0 spiro atoms. The molecule has 0 heterocycles. The van der Waals surface area contributed by atoms with Gasteiger partial charge in [-0.1, -0.05) is 256 Å². The van der Waals surface area contributed by atoms with Gasteiger partial charge < -0.3 is 14.4 Å². The van der Waals surface area contributed by atoms with Crippen molar-refractivity contribution in [1.82, 2.24) is 0 Å². The third-order valence-electron chi connectivity index (χ3n) is 12.4. The van der Waals surface area contributed by atoms with Crippen molar-refractivity contribution in [2.75, 3.05) is 20.3 Å². The standard InChI is InChI=1S/C55H105O8P/c1-4-6-8-10-12-14-16-18-20-22-24-26-27-28-30-31-33-35-37-39-41-43-45-47-49-54(56)61-51-53(52-62-64(58,59)60-3)63-55(57)50-48-46-44-42-40-38-36-34-32-29-25-23-21-19-17-15-13-11-9-7-5-2/h17,19,23,25,53H,4-16,18,20-22,24,26-52H2,1-3H3,(H,58,59)/b19-17-,25-23-. The monoisotopic (exact) mass is 925 g/mol. The average molecular weight is 925 g/mol. The number of hydrogen-bond donors (Lipinski definition) is 1. The Morgan fingerprint density at radius 1 is 0.438 bits per heavy atom. The third-order valence-corrected chi connectivity index (χ3v) is 13.4. The van der Waals surface area contributed by atoms with Crippen LogP contribution in [0.25, 0.3) is 0 Å². The minimum atomic E-state index is -4.27. The Labute approximate surface area is 396 Å². The largest absolute Gasteiger partial charge is 0.472 e. The molecule has 0 aromatic rings. The Kier molecular flexibility index (Phi) is 49.8. The molecule has 64 heavy (non-hydrogen) atoms. The predicted octanol–water partition coefficient (Wildman–Crippen LogP) is 18.1. The summed E-state index contributed by atoms with van der Waals surface area (Å²) in [4.78, 5) is 34.7. The zero-order chi connectivity index (χ0) is 46.7. The lowest BCUT2D eigenvalue weighted by Gasteiger charge is -2.19. The minimum absolute atomic E-state index is 0.222. The fourth-order valence-corrected chi connectivity index (χ4v) is 8.68. The Hall–Kier alpha value is -1.47. The van der Waals surface area contributed by atoms with Crippen molar-refractivity contribution in [2.24, 2.45) is 0 Å². The lowest BCUT2D eigenvalue weighted by Crippen LogP contribution is -2.29. The smallest absolute Gasteiger partial charge is 0.462 e. The molecule has 0 aromatic heterocycles. The number of carbonyl (C=O) groups excluding carboxylic acids is 2. The van der Waals surface area contributed by atoms with Crippen molar-refractivity contribution in [1.29, 1.82) is 0 Å². The second kappa shape index (κ2) is 50.9. The summed E-state index contributed by atoms with van der Waals surface area (Å²) in [5.41, 5.74) is 0. The summed E-state index contributed by atoms with van der Waals surface area (Å²) in [6.45, 7) is 3.93. The van der Waals surface area contributed by atoms with Crippen LogP contribution in [0, 0.1) is 0 Å². The first kappa shape index (κ1) is 62.5. The van der Waals surface area contributed by atoms with Crippen molar-refractivity contribution in [3.05, 3.63) is 24.3 Å². The fraction of sp³-hybridized carbons (Fsp3) is 0.891. The molecule has 0 aromatic carbocycles. The molecule has 0 saturated carbocycles. The topological polar surface area (TPSA) is 108 Å². The van der Waals surface area contributed by atoms with Crippen LogP contribution in [0.5, 0.6) is 0 Å². The number of ether oxygens (including phenoxy) is 2. The lowest BCUT2D eigenvalue weighted by atomic mass is 10.0. The van der Waals surface area contributed by atoms with Gasteiger partial charge in [-0.3, -0.25) is 18.6 Å². The van der Waals surface area contributed by atoms with E-state index in [-0.39, 0.29) is 19.0 Å².